The molecule has 0 bridgehead atoms. The first-order chi connectivity index (χ1) is 12.8. The number of halogens is 1. The van der Waals surface area contributed by atoms with Gasteiger partial charge in [-0.3, -0.25) is 0 Å². The highest BCUT2D eigenvalue weighted by molar-refractivity contribution is 14.1. The van der Waals surface area contributed by atoms with Gasteiger partial charge in [0, 0.05) is 10.1 Å². The first kappa shape index (κ1) is 23.4. The second kappa shape index (κ2) is 17.7. The van der Waals surface area contributed by atoms with Crippen LogP contribution in [0.15, 0.2) is 24.3 Å². The summed E-state index contributed by atoms with van der Waals surface area (Å²) in [6, 6.07) is 7.28. The van der Waals surface area contributed by atoms with E-state index in [0.717, 1.165) is 22.5 Å². The molecule has 150 valence electrons. The predicted octanol–water partition coefficient (Wildman–Crippen LogP) is 2.17. The first-order valence-electron chi connectivity index (χ1n) is 8.76. The van der Waals surface area contributed by atoms with Crippen molar-refractivity contribution in [3.05, 3.63) is 24.3 Å². The zero-order valence-electron chi connectivity index (χ0n) is 15.2. The molecule has 0 spiro atoms. The highest BCUT2D eigenvalue weighted by Crippen LogP contribution is 2.12. The molecule has 0 saturated heterocycles. The van der Waals surface area contributed by atoms with Gasteiger partial charge < -0.3 is 34.2 Å². The van der Waals surface area contributed by atoms with E-state index < -0.39 is 0 Å². The van der Waals surface area contributed by atoms with Crippen molar-refractivity contribution in [2.75, 3.05) is 82.8 Å². The van der Waals surface area contributed by atoms with Gasteiger partial charge in [0.25, 0.3) is 0 Å². The molecule has 2 N–H and O–H groups in total. The van der Waals surface area contributed by atoms with Gasteiger partial charge in [-0.15, -0.1) is 0 Å². The quantitative estimate of drug-likeness (QED) is 0.148. The number of alkyl halides is 1. The highest BCUT2D eigenvalue weighted by atomic mass is 127. The van der Waals surface area contributed by atoms with E-state index in [9.17, 15) is 0 Å². The van der Waals surface area contributed by atoms with Crippen molar-refractivity contribution in [3.63, 3.8) is 0 Å². The number of hydrogen-bond acceptors (Lipinski definition) is 7. The Hall–Kier alpha value is -0.650. The van der Waals surface area contributed by atoms with Crippen LogP contribution in [-0.4, -0.2) is 77.1 Å². The molecule has 0 fully saturated rings. The fourth-order valence-corrected chi connectivity index (χ4v) is 2.13. The maximum Gasteiger partial charge on any atom is 0.119 e. The van der Waals surface area contributed by atoms with Crippen LogP contribution in [0.4, 0.5) is 5.69 Å². The maximum atomic E-state index is 5.61. The minimum Gasteiger partial charge on any atom is -0.491 e. The van der Waals surface area contributed by atoms with Gasteiger partial charge in [-0.1, -0.05) is 22.6 Å². The molecule has 0 unspecified atom stereocenters. The van der Waals surface area contributed by atoms with E-state index in [1.54, 1.807) is 12.1 Å². The second-order valence-electron chi connectivity index (χ2n) is 5.17. The number of benzene rings is 1. The third-order valence-electron chi connectivity index (χ3n) is 3.09. The van der Waals surface area contributed by atoms with Crippen LogP contribution in [0.5, 0.6) is 5.75 Å². The summed E-state index contributed by atoms with van der Waals surface area (Å²) in [5, 5.41) is 0. The van der Waals surface area contributed by atoms with E-state index in [2.05, 4.69) is 22.6 Å². The largest absolute Gasteiger partial charge is 0.491 e. The second-order valence-corrected chi connectivity index (χ2v) is 6.25. The fraction of sp³-hybridized carbons (Fsp3) is 0.667. The Balaban J connectivity index is 1.72. The lowest BCUT2D eigenvalue weighted by Crippen LogP contribution is -2.14. The van der Waals surface area contributed by atoms with E-state index in [-0.39, 0.29) is 0 Å². The zero-order chi connectivity index (χ0) is 18.7. The molecule has 26 heavy (non-hydrogen) atoms. The summed E-state index contributed by atoms with van der Waals surface area (Å²) in [6.07, 6.45) is 0. The average molecular weight is 483 g/mol. The fourth-order valence-electron chi connectivity index (χ4n) is 1.82. The molecule has 8 heteroatoms. The number of hydrogen-bond donors (Lipinski definition) is 1. The monoisotopic (exact) mass is 483 g/mol. The van der Waals surface area contributed by atoms with Gasteiger partial charge in [-0.2, -0.15) is 0 Å². The lowest BCUT2D eigenvalue weighted by atomic mass is 10.3. The van der Waals surface area contributed by atoms with E-state index in [1.807, 2.05) is 12.1 Å². The van der Waals surface area contributed by atoms with E-state index in [1.165, 1.54) is 0 Å². The van der Waals surface area contributed by atoms with Crippen LogP contribution in [0.25, 0.3) is 0 Å². The summed E-state index contributed by atoms with van der Waals surface area (Å²) in [5.74, 6) is 0.785. The zero-order valence-corrected chi connectivity index (χ0v) is 17.4. The lowest BCUT2D eigenvalue weighted by Gasteiger charge is -2.08. The van der Waals surface area contributed by atoms with Crippen LogP contribution in [0.3, 0.4) is 0 Å². The van der Waals surface area contributed by atoms with E-state index >= 15 is 0 Å². The minimum absolute atomic E-state index is 0.496. The number of rotatable bonds is 18. The topological polar surface area (TPSA) is 81.4 Å². The molecular weight excluding hydrogens is 453 g/mol. The lowest BCUT2D eigenvalue weighted by molar-refractivity contribution is -0.0117. The van der Waals surface area contributed by atoms with E-state index in [0.29, 0.717) is 66.1 Å². The summed E-state index contributed by atoms with van der Waals surface area (Å²) in [4.78, 5) is 0. The Labute approximate surface area is 169 Å². The number of nitrogen functional groups attached to an aromatic ring is 1. The van der Waals surface area contributed by atoms with Crippen molar-refractivity contribution in [3.8, 4) is 5.75 Å². The van der Waals surface area contributed by atoms with E-state index in [4.69, 9.17) is 34.2 Å². The maximum absolute atomic E-state index is 5.61. The van der Waals surface area contributed by atoms with Crippen molar-refractivity contribution in [2.24, 2.45) is 0 Å². The molecule has 0 aliphatic carbocycles. The van der Waals surface area contributed by atoms with Crippen LogP contribution in [0.2, 0.25) is 0 Å². The number of ether oxygens (including phenoxy) is 6. The summed E-state index contributed by atoms with van der Waals surface area (Å²) in [7, 11) is 0. The summed E-state index contributed by atoms with van der Waals surface area (Å²) in [5.41, 5.74) is 6.33. The van der Waals surface area contributed by atoms with Crippen LogP contribution in [-0.2, 0) is 23.7 Å². The number of anilines is 1. The van der Waals surface area contributed by atoms with Crippen molar-refractivity contribution in [1.82, 2.24) is 0 Å². The Morgan fingerprint density at radius 3 is 1.38 bits per heavy atom. The van der Waals surface area contributed by atoms with Crippen LogP contribution < -0.4 is 10.5 Å². The molecular formula is C18H30INO6. The molecule has 0 aromatic heterocycles. The standard InChI is InChI=1S/C18H30INO6/c19-5-6-21-7-8-22-9-10-23-11-12-24-13-14-25-15-16-26-18-3-1-17(20)2-4-18/h1-4H,5-16,20H2. The molecule has 1 aromatic carbocycles. The van der Waals surface area contributed by atoms with Crippen molar-refractivity contribution >= 4 is 28.3 Å². The molecule has 0 aliphatic heterocycles. The summed E-state index contributed by atoms with van der Waals surface area (Å²) >= 11 is 2.28. The minimum atomic E-state index is 0.496. The van der Waals surface area contributed by atoms with Gasteiger partial charge in [0.1, 0.15) is 12.4 Å². The first-order valence-corrected chi connectivity index (χ1v) is 10.3. The molecule has 0 amide bonds. The third-order valence-corrected chi connectivity index (χ3v) is 3.53. The third kappa shape index (κ3) is 14.5. The van der Waals surface area contributed by atoms with Gasteiger partial charge in [-0.25, -0.2) is 0 Å². The molecule has 0 aliphatic rings. The smallest absolute Gasteiger partial charge is 0.119 e. The SMILES string of the molecule is Nc1ccc(OCCOCCOCCOCCOCCOCCI)cc1. The van der Waals surface area contributed by atoms with Gasteiger partial charge in [-0.05, 0) is 24.3 Å². The van der Waals surface area contributed by atoms with Crippen molar-refractivity contribution < 1.29 is 28.4 Å². The predicted molar refractivity (Wildman–Crippen MR) is 109 cm³/mol. The molecule has 0 radical (unpaired) electrons. The molecule has 1 rings (SSSR count). The molecule has 0 heterocycles. The normalized spacial score (nSPS) is 11.0. The summed E-state index contributed by atoms with van der Waals surface area (Å²) < 4.78 is 33.4. The Kier molecular flexibility index (Phi) is 16.0. The highest BCUT2D eigenvalue weighted by Gasteiger charge is 1.95. The van der Waals surface area contributed by atoms with Gasteiger partial charge in [0.2, 0.25) is 0 Å². The Morgan fingerprint density at radius 2 is 0.962 bits per heavy atom. The van der Waals surface area contributed by atoms with Crippen LogP contribution in [0.1, 0.15) is 0 Å². The van der Waals surface area contributed by atoms with Crippen LogP contribution in [0, 0.1) is 0 Å². The average Bonchev–Trinajstić information content (AvgIpc) is 2.66. The Morgan fingerprint density at radius 1 is 0.577 bits per heavy atom. The Bertz CT molecular complexity index is 421. The molecule has 1 aromatic rings. The molecule has 7 nitrogen and oxygen atoms in total. The van der Waals surface area contributed by atoms with Gasteiger partial charge in [0.05, 0.1) is 66.1 Å². The summed E-state index contributed by atoms with van der Waals surface area (Å²) in [6.45, 7) is 6.34. The van der Waals surface area contributed by atoms with Gasteiger partial charge in [0.15, 0.2) is 0 Å². The van der Waals surface area contributed by atoms with Crippen LogP contribution >= 0.6 is 22.6 Å². The molecule has 0 atom stereocenters. The van der Waals surface area contributed by atoms with Crippen molar-refractivity contribution in [2.45, 2.75) is 0 Å². The molecule has 0 saturated carbocycles. The van der Waals surface area contributed by atoms with Crippen molar-refractivity contribution in [1.29, 1.82) is 0 Å². The number of nitrogens with two attached hydrogens (primary N) is 1. The van der Waals surface area contributed by atoms with Gasteiger partial charge >= 0.3 is 0 Å².